The van der Waals surface area contributed by atoms with Crippen molar-refractivity contribution < 1.29 is 26.0 Å². The molecule has 0 fully saturated rings. The first-order chi connectivity index (χ1) is 5.36. The molecule has 0 saturated carbocycles. The second kappa shape index (κ2) is 3.73. The van der Waals surface area contributed by atoms with Gasteiger partial charge in [-0.3, -0.25) is 0 Å². The van der Waals surface area contributed by atoms with E-state index < -0.39 is 0 Å². The Morgan fingerprint density at radius 1 is 1.00 bits per heavy atom. The van der Waals surface area contributed by atoms with Gasteiger partial charge in [0.05, 0.1) is 0 Å². The molecule has 1 heterocycles. The van der Waals surface area contributed by atoms with Crippen LogP contribution in [0.5, 0.6) is 0 Å². The summed E-state index contributed by atoms with van der Waals surface area (Å²) >= 11 is 0. The minimum Gasteiger partial charge on any atom is -0.238 e. The first-order valence-corrected chi connectivity index (χ1v) is 3.59. The summed E-state index contributed by atoms with van der Waals surface area (Å²) in [4.78, 5) is 3.18. The summed E-state index contributed by atoms with van der Waals surface area (Å²) in [5.74, 6) is 0. The molecule has 60 valence electrons. The Hall–Kier alpha value is -0.812. The fourth-order valence-electron chi connectivity index (χ4n) is 1.16. The Morgan fingerprint density at radius 2 is 1.75 bits per heavy atom. The molecule has 0 amide bonds. The smallest absolute Gasteiger partial charge is 0.207 e. The van der Waals surface area contributed by atoms with Crippen molar-refractivity contribution in [3.63, 3.8) is 0 Å². The third-order valence-electron chi connectivity index (χ3n) is 1.72. The van der Waals surface area contributed by atoms with Crippen LogP contribution >= 0.6 is 0 Å². The number of benzene rings is 1. The Kier molecular flexibility index (Phi) is 2.88. The number of H-pyrrole nitrogens is 1. The first kappa shape index (κ1) is 9.28. The zero-order valence-electron chi connectivity index (χ0n) is 6.58. The molecule has 1 aromatic carbocycles. The van der Waals surface area contributed by atoms with Crippen LogP contribution in [0, 0.1) is 6.92 Å². The van der Waals surface area contributed by atoms with E-state index in [9.17, 15) is 0 Å². The average Bonchev–Trinajstić information content (AvgIpc) is 2.04. The number of hydrogen-bond donors (Lipinski definition) is 0. The minimum atomic E-state index is 0. The molecular formula is C10H9NW. The van der Waals surface area contributed by atoms with Gasteiger partial charge in [-0.25, -0.2) is 4.98 Å². The van der Waals surface area contributed by atoms with E-state index in [-0.39, 0.29) is 21.1 Å². The predicted molar refractivity (Wildman–Crippen MR) is 45.0 cm³/mol. The Balaban J connectivity index is 0.000000720. The van der Waals surface area contributed by atoms with E-state index in [4.69, 9.17) is 0 Å². The summed E-state index contributed by atoms with van der Waals surface area (Å²) in [7, 11) is 0. The number of pyridine rings is 1. The molecule has 2 heteroatoms. The fourth-order valence-corrected chi connectivity index (χ4v) is 1.16. The van der Waals surface area contributed by atoms with Crippen molar-refractivity contribution >= 4 is 10.9 Å². The minimum absolute atomic E-state index is 0. The molecular weight excluding hydrogens is 318 g/mol. The number of para-hydroxylation sites is 1. The van der Waals surface area contributed by atoms with Gasteiger partial charge >= 0.3 is 0 Å². The van der Waals surface area contributed by atoms with Crippen LogP contribution < -0.4 is 4.98 Å². The topological polar surface area (TPSA) is 14.1 Å². The summed E-state index contributed by atoms with van der Waals surface area (Å²) in [6, 6.07) is 12.2. The summed E-state index contributed by atoms with van der Waals surface area (Å²) in [6.45, 7) is 3.82. The molecule has 0 saturated heterocycles. The average molecular weight is 327 g/mol. The monoisotopic (exact) mass is 327 g/mol. The third kappa shape index (κ3) is 1.67. The van der Waals surface area contributed by atoms with Gasteiger partial charge in [-0.15, -0.1) is 12.1 Å². The van der Waals surface area contributed by atoms with Crippen LogP contribution in [0.25, 0.3) is 10.9 Å². The predicted octanol–water partition coefficient (Wildman–Crippen LogP) is 1.83. The van der Waals surface area contributed by atoms with Crippen molar-refractivity contribution in [3.05, 3.63) is 49.0 Å². The number of hydrogen-bond acceptors (Lipinski definition) is 0. The fraction of sp³-hybridized carbons (Fsp3) is 0. The van der Waals surface area contributed by atoms with Gasteiger partial charge < -0.3 is 0 Å². The van der Waals surface area contributed by atoms with Crippen molar-refractivity contribution in [2.24, 2.45) is 0 Å². The van der Waals surface area contributed by atoms with Crippen molar-refractivity contribution in [2.45, 2.75) is 0 Å². The van der Waals surface area contributed by atoms with E-state index >= 15 is 0 Å². The molecule has 1 nitrogen and oxygen atoms in total. The third-order valence-corrected chi connectivity index (χ3v) is 1.72. The van der Waals surface area contributed by atoms with Gasteiger partial charge in [0.25, 0.3) is 0 Å². The largest absolute Gasteiger partial charge is 0.238 e. The van der Waals surface area contributed by atoms with E-state index in [1.807, 2.05) is 24.3 Å². The molecule has 0 bridgehead atoms. The Bertz CT molecular complexity index is 384. The zero-order chi connectivity index (χ0) is 7.68. The molecule has 12 heavy (non-hydrogen) atoms. The molecule has 0 unspecified atom stereocenters. The quantitative estimate of drug-likeness (QED) is 0.656. The molecule has 0 aliphatic rings. The molecule has 1 N–H and O–H groups in total. The van der Waals surface area contributed by atoms with Crippen molar-refractivity contribution in [3.8, 4) is 0 Å². The van der Waals surface area contributed by atoms with Crippen LogP contribution in [0.3, 0.4) is 0 Å². The Labute approximate surface area is 86.1 Å². The van der Waals surface area contributed by atoms with Gasteiger partial charge in [0.15, 0.2) is 0 Å². The maximum atomic E-state index is 3.82. The molecule has 2 rings (SSSR count). The van der Waals surface area contributed by atoms with Crippen LogP contribution in [0.15, 0.2) is 36.4 Å². The van der Waals surface area contributed by atoms with Crippen molar-refractivity contribution in [2.75, 3.05) is 0 Å². The molecule has 0 radical (unpaired) electrons. The van der Waals surface area contributed by atoms with Gasteiger partial charge in [-0.1, -0.05) is 12.1 Å². The first-order valence-electron chi connectivity index (χ1n) is 3.59. The van der Waals surface area contributed by atoms with E-state index in [0.717, 1.165) is 11.2 Å². The number of aromatic nitrogens is 1. The molecule has 0 aliphatic heterocycles. The summed E-state index contributed by atoms with van der Waals surface area (Å²) in [6.07, 6.45) is 0. The number of fused-ring (bicyclic) bond motifs is 1. The molecule has 0 aliphatic carbocycles. The Morgan fingerprint density at radius 3 is 2.58 bits per heavy atom. The van der Waals surface area contributed by atoms with E-state index in [0.29, 0.717) is 0 Å². The number of nitrogens with one attached hydrogen (secondary N) is 1. The molecule has 1 aromatic heterocycles. The second-order valence-electron chi connectivity index (χ2n) is 2.57. The van der Waals surface area contributed by atoms with Crippen molar-refractivity contribution in [1.82, 2.24) is 0 Å². The van der Waals surface area contributed by atoms with Gasteiger partial charge in [0, 0.05) is 38.2 Å². The second-order valence-corrected chi connectivity index (χ2v) is 2.57. The van der Waals surface area contributed by atoms with Crippen LogP contribution in [0.1, 0.15) is 5.69 Å². The van der Waals surface area contributed by atoms with Gasteiger partial charge in [0.1, 0.15) is 0 Å². The standard InChI is InChI=1S/C10H8N.W/c1-8-6-7-9-4-2-3-5-10(9)11-8;/h2-7H,1H2;/q-1;/p+1. The summed E-state index contributed by atoms with van der Waals surface area (Å²) in [5.41, 5.74) is 2.09. The summed E-state index contributed by atoms with van der Waals surface area (Å²) in [5, 5.41) is 1.22. The van der Waals surface area contributed by atoms with Crippen LogP contribution in [-0.2, 0) is 21.1 Å². The van der Waals surface area contributed by atoms with Gasteiger partial charge in [-0.2, -0.15) is 6.92 Å². The van der Waals surface area contributed by atoms with Crippen LogP contribution in [0.2, 0.25) is 0 Å². The maximum absolute atomic E-state index is 3.82. The molecule has 0 spiro atoms. The number of aromatic amines is 1. The maximum Gasteiger partial charge on any atom is 0.207 e. The molecule has 2 aromatic rings. The SMILES string of the molecule is [CH2-]c1ccc2ccccc2[nH+]1.[W]. The van der Waals surface area contributed by atoms with Gasteiger partial charge in [-0.05, 0) is 6.07 Å². The van der Waals surface area contributed by atoms with Crippen LogP contribution in [-0.4, -0.2) is 0 Å². The van der Waals surface area contributed by atoms with E-state index in [2.05, 4.69) is 24.0 Å². The normalized spacial score (nSPS) is 9.33. The number of rotatable bonds is 0. The van der Waals surface area contributed by atoms with E-state index in [1.165, 1.54) is 5.39 Å². The molecule has 0 atom stereocenters. The zero-order valence-corrected chi connectivity index (χ0v) is 9.51. The van der Waals surface area contributed by atoms with Gasteiger partial charge in [0.2, 0.25) is 5.52 Å². The van der Waals surface area contributed by atoms with Crippen molar-refractivity contribution in [1.29, 1.82) is 0 Å². The summed E-state index contributed by atoms with van der Waals surface area (Å²) < 4.78 is 0. The van der Waals surface area contributed by atoms with E-state index in [1.54, 1.807) is 0 Å². The van der Waals surface area contributed by atoms with Crippen LogP contribution in [0.4, 0.5) is 0 Å².